The van der Waals surface area contributed by atoms with Crippen molar-refractivity contribution in [2.75, 3.05) is 18.8 Å². The van der Waals surface area contributed by atoms with Crippen LogP contribution in [0.5, 0.6) is 0 Å². The summed E-state index contributed by atoms with van der Waals surface area (Å²) in [5.74, 6) is 1.42. The minimum atomic E-state index is 0.454. The summed E-state index contributed by atoms with van der Waals surface area (Å²) in [6, 6.07) is 0. The van der Waals surface area contributed by atoms with E-state index in [2.05, 4.69) is 9.97 Å². The molecule has 5 heteroatoms. The van der Waals surface area contributed by atoms with Crippen LogP contribution in [-0.2, 0) is 12.8 Å². The molecule has 0 amide bonds. The van der Waals surface area contributed by atoms with E-state index < -0.39 is 0 Å². The summed E-state index contributed by atoms with van der Waals surface area (Å²) < 4.78 is 0. The van der Waals surface area contributed by atoms with Crippen LogP contribution in [0.15, 0.2) is 0 Å². The van der Waals surface area contributed by atoms with Crippen molar-refractivity contribution >= 4 is 5.95 Å². The number of hydrogen-bond donors (Lipinski definition) is 4. The third kappa shape index (κ3) is 1.49. The number of rotatable bonds is 2. The van der Waals surface area contributed by atoms with Gasteiger partial charge in [-0.05, 0) is 37.8 Å². The number of imidazole rings is 1. The smallest absolute Gasteiger partial charge is 0.197 e. The maximum atomic E-state index is 5.71. The summed E-state index contributed by atoms with van der Waals surface area (Å²) in [4.78, 5) is 7.32. The number of aromatic amines is 1. The molecule has 0 saturated carbocycles. The lowest BCUT2D eigenvalue weighted by Crippen LogP contribution is -2.35. The van der Waals surface area contributed by atoms with E-state index in [4.69, 9.17) is 17.2 Å². The highest BCUT2D eigenvalue weighted by Gasteiger charge is 2.28. The molecule has 0 unspecified atom stereocenters. The van der Waals surface area contributed by atoms with Crippen LogP contribution >= 0.6 is 0 Å². The molecule has 2 rings (SSSR count). The first kappa shape index (κ1) is 9.48. The summed E-state index contributed by atoms with van der Waals surface area (Å²) in [7, 11) is 0. The van der Waals surface area contributed by atoms with Gasteiger partial charge in [0.1, 0.15) is 0 Å². The van der Waals surface area contributed by atoms with Gasteiger partial charge in [-0.3, -0.25) is 0 Å². The number of nitrogen functional groups attached to an aromatic ring is 1. The summed E-state index contributed by atoms with van der Waals surface area (Å²) in [6.45, 7) is 1.36. The van der Waals surface area contributed by atoms with Gasteiger partial charge in [0.25, 0.3) is 0 Å². The van der Waals surface area contributed by atoms with Gasteiger partial charge in [0.2, 0.25) is 0 Å². The van der Waals surface area contributed by atoms with E-state index in [1.807, 2.05) is 0 Å². The molecular weight excluding hydrogens is 178 g/mol. The molecule has 1 aromatic heterocycles. The predicted molar refractivity (Wildman–Crippen MR) is 55.5 cm³/mol. The number of aromatic nitrogens is 2. The third-order valence-electron chi connectivity index (χ3n) is 3.08. The number of anilines is 1. The number of nitrogens with one attached hydrogen (secondary N) is 1. The molecule has 1 aromatic rings. The maximum Gasteiger partial charge on any atom is 0.197 e. The van der Waals surface area contributed by atoms with Crippen LogP contribution in [0.2, 0.25) is 0 Å². The molecule has 1 aliphatic carbocycles. The highest BCUT2D eigenvalue weighted by molar-refractivity contribution is 5.28. The van der Waals surface area contributed by atoms with Gasteiger partial charge in [-0.15, -0.1) is 0 Å². The fourth-order valence-electron chi connectivity index (χ4n) is 2.20. The van der Waals surface area contributed by atoms with Gasteiger partial charge in [0, 0.05) is 5.69 Å². The SMILES string of the molecule is NC[C@H]1Cc2nc(N)[nH]c2C[C@@H]1CN. The topological polar surface area (TPSA) is 107 Å². The van der Waals surface area contributed by atoms with Crippen molar-refractivity contribution < 1.29 is 0 Å². The van der Waals surface area contributed by atoms with Crippen molar-refractivity contribution in [2.45, 2.75) is 12.8 Å². The van der Waals surface area contributed by atoms with E-state index in [9.17, 15) is 0 Å². The van der Waals surface area contributed by atoms with Crippen molar-refractivity contribution in [1.29, 1.82) is 0 Å². The fourth-order valence-corrected chi connectivity index (χ4v) is 2.20. The number of nitrogens with two attached hydrogens (primary N) is 3. The standard InChI is InChI=1S/C9H17N5/c10-3-5-1-7-8(2-6(5)4-11)14-9(12)13-7/h5-6H,1-4,10-11H2,(H3,12,13,14)/t5-,6-/m1/s1. The van der Waals surface area contributed by atoms with Crippen LogP contribution in [0.25, 0.3) is 0 Å². The van der Waals surface area contributed by atoms with Crippen molar-refractivity contribution in [1.82, 2.24) is 9.97 Å². The monoisotopic (exact) mass is 195 g/mol. The van der Waals surface area contributed by atoms with Crippen LogP contribution in [-0.4, -0.2) is 23.1 Å². The van der Waals surface area contributed by atoms with E-state index in [1.165, 1.54) is 0 Å². The molecule has 0 aliphatic heterocycles. The van der Waals surface area contributed by atoms with Gasteiger partial charge in [0.05, 0.1) is 5.69 Å². The van der Waals surface area contributed by atoms with Gasteiger partial charge in [-0.25, -0.2) is 4.98 Å². The van der Waals surface area contributed by atoms with Gasteiger partial charge in [-0.2, -0.15) is 0 Å². The Hall–Kier alpha value is -1.07. The van der Waals surface area contributed by atoms with Crippen LogP contribution in [0.4, 0.5) is 5.95 Å². The third-order valence-corrected chi connectivity index (χ3v) is 3.08. The van der Waals surface area contributed by atoms with Gasteiger partial charge < -0.3 is 22.2 Å². The molecule has 0 spiro atoms. The van der Waals surface area contributed by atoms with Gasteiger partial charge >= 0.3 is 0 Å². The Morgan fingerprint density at radius 1 is 1.21 bits per heavy atom. The minimum Gasteiger partial charge on any atom is -0.369 e. The lowest BCUT2D eigenvalue weighted by Gasteiger charge is -2.28. The molecule has 5 nitrogen and oxygen atoms in total. The minimum absolute atomic E-state index is 0.454. The average molecular weight is 195 g/mol. The summed E-state index contributed by atoms with van der Waals surface area (Å²) in [5.41, 5.74) is 19.2. The van der Waals surface area contributed by atoms with Crippen molar-refractivity contribution in [3.63, 3.8) is 0 Å². The molecular formula is C9H17N5. The first-order valence-electron chi connectivity index (χ1n) is 4.98. The zero-order chi connectivity index (χ0) is 10.1. The molecule has 0 bridgehead atoms. The number of nitrogens with zero attached hydrogens (tertiary/aromatic N) is 1. The lowest BCUT2D eigenvalue weighted by molar-refractivity contribution is 0.318. The quantitative estimate of drug-likeness (QED) is 0.497. The first-order valence-corrected chi connectivity index (χ1v) is 4.98. The van der Waals surface area contributed by atoms with Crippen molar-refractivity contribution in [3.05, 3.63) is 11.4 Å². The lowest BCUT2D eigenvalue weighted by atomic mass is 9.80. The molecule has 1 heterocycles. The van der Waals surface area contributed by atoms with Crippen LogP contribution in [0, 0.1) is 11.8 Å². The average Bonchev–Trinajstić information content (AvgIpc) is 2.54. The second-order valence-corrected chi connectivity index (χ2v) is 3.95. The van der Waals surface area contributed by atoms with E-state index in [0.29, 0.717) is 30.9 Å². The molecule has 1 aliphatic rings. The Kier molecular flexibility index (Phi) is 2.43. The maximum absolute atomic E-state index is 5.71. The second-order valence-electron chi connectivity index (χ2n) is 3.95. The second kappa shape index (κ2) is 3.59. The van der Waals surface area contributed by atoms with Gasteiger partial charge in [-0.1, -0.05) is 0 Å². The summed E-state index contributed by atoms with van der Waals surface area (Å²) in [6.07, 6.45) is 1.83. The van der Waals surface area contributed by atoms with E-state index in [0.717, 1.165) is 24.2 Å². The van der Waals surface area contributed by atoms with Crippen molar-refractivity contribution in [2.24, 2.45) is 23.3 Å². The zero-order valence-electron chi connectivity index (χ0n) is 8.16. The van der Waals surface area contributed by atoms with Gasteiger partial charge in [0.15, 0.2) is 5.95 Å². The van der Waals surface area contributed by atoms with Crippen LogP contribution in [0.3, 0.4) is 0 Å². The first-order chi connectivity index (χ1) is 6.74. The van der Waals surface area contributed by atoms with Crippen LogP contribution in [0.1, 0.15) is 11.4 Å². The highest BCUT2D eigenvalue weighted by atomic mass is 15.0. The molecule has 0 radical (unpaired) electrons. The number of H-pyrrole nitrogens is 1. The van der Waals surface area contributed by atoms with E-state index >= 15 is 0 Å². The molecule has 0 saturated heterocycles. The Balaban J connectivity index is 2.24. The molecule has 14 heavy (non-hydrogen) atoms. The summed E-state index contributed by atoms with van der Waals surface area (Å²) in [5, 5.41) is 0. The molecule has 2 atom stereocenters. The highest BCUT2D eigenvalue weighted by Crippen LogP contribution is 2.28. The Labute approximate surface area is 83.1 Å². The molecule has 7 N–H and O–H groups in total. The fraction of sp³-hybridized carbons (Fsp3) is 0.667. The zero-order valence-corrected chi connectivity index (χ0v) is 8.16. The molecule has 78 valence electrons. The normalized spacial score (nSPS) is 26.1. The van der Waals surface area contributed by atoms with E-state index in [1.54, 1.807) is 0 Å². The van der Waals surface area contributed by atoms with Crippen molar-refractivity contribution in [3.8, 4) is 0 Å². The summed E-state index contributed by atoms with van der Waals surface area (Å²) >= 11 is 0. The van der Waals surface area contributed by atoms with Crippen LogP contribution < -0.4 is 17.2 Å². The molecule has 0 fully saturated rings. The largest absolute Gasteiger partial charge is 0.369 e. The Morgan fingerprint density at radius 2 is 1.86 bits per heavy atom. The molecule has 0 aromatic carbocycles. The number of fused-ring (bicyclic) bond motifs is 1. The Bertz CT molecular complexity index is 290. The van der Waals surface area contributed by atoms with E-state index in [-0.39, 0.29) is 0 Å². The predicted octanol–water partition coefficient (Wildman–Crippen LogP) is -0.760. The Morgan fingerprint density at radius 3 is 2.50 bits per heavy atom. The number of hydrogen-bond acceptors (Lipinski definition) is 4.